The molecule has 19 heavy (non-hydrogen) atoms. The van der Waals surface area contributed by atoms with Crippen molar-refractivity contribution < 1.29 is 4.39 Å². The van der Waals surface area contributed by atoms with Gasteiger partial charge in [-0.1, -0.05) is 22.9 Å². The van der Waals surface area contributed by atoms with Gasteiger partial charge in [-0.15, -0.1) is 0 Å². The minimum Gasteiger partial charge on any atom is -0.275 e. The van der Waals surface area contributed by atoms with Gasteiger partial charge in [0.05, 0.1) is 11.7 Å². The van der Waals surface area contributed by atoms with Gasteiger partial charge in [0.1, 0.15) is 5.82 Å². The van der Waals surface area contributed by atoms with Gasteiger partial charge >= 0.3 is 0 Å². The van der Waals surface area contributed by atoms with Crippen molar-refractivity contribution in [2.45, 2.75) is 19.4 Å². The SMILES string of the molecule is CCc1nn(C)cc1C(NN)c1cc(Br)ccc1F. The van der Waals surface area contributed by atoms with Crippen LogP contribution in [0.3, 0.4) is 0 Å². The maximum atomic E-state index is 14.0. The zero-order valence-corrected chi connectivity index (χ0v) is 12.4. The molecule has 0 aliphatic carbocycles. The lowest BCUT2D eigenvalue weighted by Crippen LogP contribution is -2.30. The summed E-state index contributed by atoms with van der Waals surface area (Å²) in [7, 11) is 1.84. The minimum absolute atomic E-state index is 0.294. The normalized spacial score (nSPS) is 12.7. The Kier molecular flexibility index (Phi) is 4.34. The highest BCUT2D eigenvalue weighted by Crippen LogP contribution is 2.28. The number of nitrogens with one attached hydrogen (secondary N) is 1. The number of hydrazine groups is 1. The van der Waals surface area contributed by atoms with Crippen molar-refractivity contribution in [2.75, 3.05) is 0 Å². The lowest BCUT2D eigenvalue weighted by atomic mass is 9.98. The first-order valence-corrected chi connectivity index (χ1v) is 6.79. The van der Waals surface area contributed by atoms with Gasteiger partial charge in [0.15, 0.2) is 0 Å². The summed E-state index contributed by atoms with van der Waals surface area (Å²) in [5.41, 5.74) is 4.98. The van der Waals surface area contributed by atoms with Crippen LogP contribution in [0, 0.1) is 5.82 Å². The van der Waals surface area contributed by atoms with Crippen molar-refractivity contribution in [1.29, 1.82) is 0 Å². The van der Waals surface area contributed by atoms with E-state index in [9.17, 15) is 4.39 Å². The van der Waals surface area contributed by atoms with Crippen LogP contribution in [0.1, 0.15) is 29.8 Å². The summed E-state index contributed by atoms with van der Waals surface area (Å²) in [4.78, 5) is 0. The molecular formula is C13H16BrFN4. The number of hydrogen-bond donors (Lipinski definition) is 2. The van der Waals surface area contributed by atoms with Crippen LogP contribution < -0.4 is 11.3 Å². The van der Waals surface area contributed by atoms with E-state index < -0.39 is 6.04 Å². The van der Waals surface area contributed by atoms with Crippen molar-refractivity contribution in [3.63, 3.8) is 0 Å². The van der Waals surface area contributed by atoms with E-state index in [0.717, 1.165) is 22.2 Å². The number of aryl methyl sites for hydroxylation is 2. The van der Waals surface area contributed by atoms with Gasteiger partial charge in [0, 0.05) is 28.8 Å². The molecule has 1 heterocycles. The summed E-state index contributed by atoms with van der Waals surface area (Å²) in [6.07, 6.45) is 2.63. The van der Waals surface area contributed by atoms with Gasteiger partial charge in [0.25, 0.3) is 0 Å². The Labute approximate surface area is 119 Å². The quantitative estimate of drug-likeness (QED) is 0.670. The number of halogens is 2. The summed E-state index contributed by atoms with van der Waals surface area (Å²) in [6.45, 7) is 2.01. The average molecular weight is 327 g/mol. The molecule has 1 unspecified atom stereocenters. The highest BCUT2D eigenvalue weighted by atomic mass is 79.9. The predicted octanol–water partition coefficient (Wildman–Crippen LogP) is 2.44. The molecule has 6 heteroatoms. The molecule has 2 rings (SSSR count). The predicted molar refractivity (Wildman–Crippen MR) is 75.9 cm³/mol. The largest absolute Gasteiger partial charge is 0.275 e. The first kappa shape index (κ1) is 14.2. The van der Waals surface area contributed by atoms with Crippen LogP contribution in [0.15, 0.2) is 28.9 Å². The second-order valence-corrected chi connectivity index (χ2v) is 5.24. The summed E-state index contributed by atoms with van der Waals surface area (Å²) in [6, 6.07) is 4.40. The van der Waals surface area contributed by atoms with Crippen molar-refractivity contribution in [3.05, 3.63) is 51.5 Å². The summed E-state index contributed by atoms with van der Waals surface area (Å²) >= 11 is 3.35. The number of aromatic nitrogens is 2. The third-order valence-corrected chi connectivity index (χ3v) is 3.51. The van der Waals surface area contributed by atoms with Crippen LogP contribution in [0.4, 0.5) is 4.39 Å². The van der Waals surface area contributed by atoms with Crippen LogP contribution in [0.25, 0.3) is 0 Å². The van der Waals surface area contributed by atoms with Gasteiger partial charge in [-0.3, -0.25) is 10.5 Å². The van der Waals surface area contributed by atoms with Gasteiger partial charge in [0.2, 0.25) is 0 Å². The Morgan fingerprint density at radius 1 is 1.47 bits per heavy atom. The molecule has 102 valence electrons. The van der Waals surface area contributed by atoms with Crippen molar-refractivity contribution >= 4 is 15.9 Å². The Hall–Kier alpha value is -1.24. The van der Waals surface area contributed by atoms with E-state index in [1.807, 2.05) is 20.2 Å². The van der Waals surface area contributed by atoms with Gasteiger partial charge < -0.3 is 0 Å². The maximum Gasteiger partial charge on any atom is 0.128 e. The fourth-order valence-electron chi connectivity index (χ4n) is 2.15. The molecule has 0 radical (unpaired) electrons. The third-order valence-electron chi connectivity index (χ3n) is 3.02. The van der Waals surface area contributed by atoms with Crippen LogP contribution in [0.2, 0.25) is 0 Å². The highest BCUT2D eigenvalue weighted by Gasteiger charge is 2.21. The number of benzene rings is 1. The Morgan fingerprint density at radius 2 is 2.21 bits per heavy atom. The second-order valence-electron chi connectivity index (χ2n) is 4.32. The first-order valence-electron chi connectivity index (χ1n) is 6.00. The molecule has 0 saturated heterocycles. The standard InChI is InChI=1S/C13H16BrFN4/c1-3-12-10(7-19(2)18-12)13(17-16)9-6-8(14)4-5-11(9)15/h4-7,13,17H,3,16H2,1-2H3. The molecular weight excluding hydrogens is 311 g/mol. The molecule has 4 nitrogen and oxygen atoms in total. The molecule has 0 saturated carbocycles. The minimum atomic E-state index is -0.416. The van der Waals surface area contributed by atoms with E-state index >= 15 is 0 Å². The van der Waals surface area contributed by atoms with E-state index in [-0.39, 0.29) is 5.82 Å². The number of rotatable bonds is 4. The molecule has 2 aromatic rings. The molecule has 1 aromatic carbocycles. The molecule has 0 aliphatic heterocycles. The Morgan fingerprint density at radius 3 is 2.84 bits per heavy atom. The molecule has 0 spiro atoms. The van der Waals surface area contributed by atoms with Crippen molar-refractivity contribution in [1.82, 2.24) is 15.2 Å². The molecule has 1 aromatic heterocycles. The summed E-state index contributed by atoms with van der Waals surface area (Å²) < 4.78 is 16.5. The Balaban J connectivity index is 2.52. The summed E-state index contributed by atoms with van der Waals surface area (Å²) in [5, 5.41) is 4.36. The first-order chi connectivity index (χ1) is 9.06. The molecule has 0 aliphatic rings. The van der Waals surface area contributed by atoms with E-state index in [1.54, 1.807) is 16.8 Å². The second kappa shape index (κ2) is 5.81. The monoisotopic (exact) mass is 326 g/mol. The molecule has 0 fully saturated rings. The van der Waals surface area contributed by atoms with Crippen LogP contribution in [0.5, 0.6) is 0 Å². The van der Waals surface area contributed by atoms with Crippen LogP contribution in [-0.2, 0) is 13.5 Å². The van der Waals surface area contributed by atoms with Crippen LogP contribution in [-0.4, -0.2) is 9.78 Å². The maximum absolute atomic E-state index is 14.0. The molecule has 0 amide bonds. The van der Waals surface area contributed by atoms with Gasteiger partial charge in [-0.05, 0) is 24.6 Å². The smallest absolute Gasteiger partial charge is 0.128 e. The van der Waals surface area contributed by atoms with Crippen molar-refractivity contribution in [3.8, 4) is 0 Å². The average Bonchev–Trinajstić information content (AvgIpc) is 2.76. The zero-order chi connectivity index (χ0) is 14.0. The van der Waals surface area contributed by atoms with E-state index in [2.05, 4.69) is 26.5 Å². The summed E-state index contributed by atoms with van der Waals surface area (Å²) in [5.74, 6) is 5.33. The fourth-order valence-corrected chi connectivity index (χ4v) is 2.53. The fraction of sp³-hybridized carbons (Fsp3) is 0.308. The molecule has 3 N–H and O–H groups in total. The van der Waals surface area contributed by atoms with Crippen molar-refractivity contribution in [2.24, 2.45) is 12.9 Å². The lowest BCUT2D eigenvalue weighted by molar-refractivity contribution is 0.557. The molecule has 1 atom stereocenters. The Bertz CT molecular complexity index is 582. The lowest BCUT2D eigenvalue weighted by Gasteiger charge is -2.17. The topological polar surface area (TPSA) is 55.9 Å². The van der Waals surface area contributed by atoms with E-state index in [0.29, 0.717) is 5.56 Å². The molecule has 0 bridgehead atoms. The van der Waals surface area contributed by atoms with Crippen LogP contribution >= 0.6 is 15.9 Å². The zero-order valence-electron chi connectivity index (χ0n) is 10.8. The number of nitrogens with zero attached hydrogens (tertiary/aromatic N) is 2. The van der Waals surface area contributed by atoms with E-state index in [1.165, 1.54) is 6.07 Å². The van der Waals surface area contributed by atoms with E-state index in [4.69, 9.17) is 5.84 Å². The number of hydrogen-bond acceptors (Lipinski definition) is 3. The third kappa shape index (κ3) is 2.86. The highest BCUT2D eigenvalue weighted by molar-refractivity contribution is 9.10. The number of nitrogens with two attached hydrogens (primary N) is 1. The van der Waals surface area contributed by atoms with Gasteiger partial charge in [-0.2, -0.15) is 5.10 Å². The van der Waals surface area contributed by atoms with Gasteiger partial charge in [-0.25, -0.2) is 9.82 Å².